The third kappa shape index (κ3) is 5.24. The molecule has 5 nitrogen and oxygen atoms in total. The van der Waals surface area contributed by atoms with Gasteiger partial charge < -0.3 is 20.1 Å². The van der Waals surface area contributed by atoms with E-state index in [-0.39, 0.29) is 12.4 Å². The maximum atomic E-state index is 11.7. The molecule has 20 heavy (non-hydrogen) atoms. The largest absolute Gasteiger partial charge is 0.475 e. The fraction of sp³-hybridized carbons (Fsp3) is 0.615. The maximum absolute atomic E-state index is 11.7. The summed E-state index contributed by atoms with van der Waals surface area (Å²) in [7, 11) is -1.16. The molecule has 3 N–H and O–H groups in total. The first-order chi connectivity index (χ1) is 9.12. The molecule has 0 atom stereocenters. The smallest absolute Gasteiger partial charge is 0.426 e. The first kappa shape index (κ1) is 17.2. The molecular formula is C13H22BNO4S. The summed E-state index contributed by atoms with van der Waals surface area (Å²) in [5.41, 5.74) is -2.03. The number of hydrogen-bond acceptors (Lipinski definition) is 5. The molecule has 0 saturated heterocycles. The Bertz CT molecular complexity index is 428. The number of carbonyl (C=O) groups is 1. The number of thiophene rings is 1. The number of amides is 1. The van der Waals surface area contributed by atoms with Crippen LogP contribution in [-0.2, 0) is 15.9 Å². The third-order valence-electron chi connectivity index (χ3n) is 3.29. The fourth-order valence-electron chi connectivity index (χ4n) is 1.36. The van der Waals surface area contributed by atoms with E-state index >= 15 is 0 Å². The minimum Gasteiger partial charge on any atom is -0.426 e. The topological polar surface area (TPSA) is 78.8 Å². The van der Waals surface area contributed by atoms with Crippen LogP contribution in [0.2, 0.25) is 0 Å². The normalized spacial score (nSPS) is 12.3. The van der Waals surface area contributed by atoms with Gasteiger partial charge in [0.2, 0.25) is 5.91 Å². The standard InChI is InChI=1S/C13H22BNO4S/c1-12(2,17)13(3,4)19-14(18)9-15-11(16)8-10-6-5-7-20-10/h5-7,17-18H,8-9H2,1-4H3,(H,15,16). The second-order valence-corrected chi connectivity index (χ2v) is 6.73. The van der Waals surface area contributed by atoms with E-state index in [4.69, 9.17) is 4.65 Å². The lowest BCUT2D eigenvalue weighted by molar-refractivity contribution is -0.120. The van der Waals surface area contributed by atoms with Crippen molar-refractivity contribution in [1.29, 1.82) is 0 Å². The van der Waals surface area contributed by atoms with Crippen LogP contribution < -0.4 is 5.32 Å². The Morgan fingerprint density at radius 1 is 1.45 bits per heavy atom. The van der Waals surface area contributed by atoms with Crippen molar-refractivity contribution < 1.29 is 19.6 Å². The molecule has 0 radical (unpaired) electrons. The summed E-state index contributed by atoms with van der Waals surface area (Å²) >= 11 is 1.51. The summed E-state index contributed by atoms with van der Waals surface area (Å²) < 4.78 is 5.38. The molecule has 1 aromatic rings. The first-order valence-corrected chi connectivity index (χ1v) is 7.37. The van der Waals surface area contributed by atoms with Crippen LogP contribution in [0.5, 0.6) is 0 Å². The van der Waals surface area contributed by atoms with Crippen molar-refractivity contribution in [3.63, 3.8) is 0 Å². The molecule has 0 spiro atoms. The predicted molar refractivity (Wildman–Crippen MR) is 80.5 cm³/mol. The number of aliphatic hydroxyl groups is 1. The van der Waals surface area contributed by atoms with Gasteiger partial charge in [0.25, 0.3) is 0 Å². The van der Waals surface area contributed by atoms with Crippen molar-refractivity contribution in [2.75, 3.05) is 6.44 Å². The molecule has 7 heteroatoms. The average Bonchev–Trinajstić information content (AvgIpc) is 2.77. The molecule has 112 valence electrons. The van der Waals surface area contributed by atoms with E-state index in [1.54, 1.807) is 27.7 Å². The quantitative estimate of drug-likeness (QED) is 0.656. The highest BCUT2D eigenvalue weighted by molar-refractivity contribution is 7.10. The van der Waals surface area contributed by atoms with Gasteiger partial charge in [0.15, 0.2) is 0 Å². The Morgan fingerprint density at radius 3 is 2.60 bits per heavy atom. The molecule has 0 saturated carbocycles. The second-order valence-electron chi connectivity index (χ2n) is 5.70. The first-order valence-electron chi connectivity index (χ1n) is 6.49. The molecule has 0 aliphatic rings. The average molecular weight is 299 g/mol. The van der Waals surface area contributed by atoms with E-state index in [0.29, 0.717) is 6.42 Å². The molecule has 0 bridgehead atoms. The predicted octanol–water partition coefficient (Wildman–Crippen LogP) is 0.993. The van der Waals surface area contributed by atoms with Crippen LogP contribution in [0, 0.1) is 0 Å². The number of carbonyl (C=O) groups excluding carboxylic acids is 1. The Labute approximate surface area is 124 Å². The molecule has 0 unspecified atom stereocenters. The highest BCUT2D eigenvalue weighted by Gasteiger charge is 2.38. The molecule has 0 aliphatic carbocycles. The number of rotatable bonds is 7. The highest BCUT2D eigenvalue weighted by atomic mass is 32.1. The van der Waals surface area contributed by atoms with Crippen LogP contribution in [0.15, 0.2) is 17.5 Å². The summed E-state index contributed by atoms with van der Waals surface area (Å²) in [6.07, 6.45) is 0.281. The van der Waals surface area contributed by atoms with Crippen molar-refractivity contribution >= 4 is 24.4 Å². The lowest BCUT2D eigenvalue weighted by Gasteiger charge is -2.38. The van der Waals surface area contributed by atoms with Gasteiger partial charge in [-0.1, -0.05) is 6.07 Å². The van der Waals surface area contributed by atoms with Gasteiger partial charge in [0.1, 0.15) is 0 Å². The van der Waals surface area contributed by atoms with E-state index in [0.717, 1.165) is 4.88 Å². The monoisotopic (exact) mass is 299 g/mol. The van der Waals surface area contributed by atoms with Gasteiger partial charge >= 0.3 is 7.12 Å². The van der Waals surface area contributed by atoms with Crippen LogP contribution in [0.25, 0.3) is 0 Å². The summed E-state index contributed by atoms with van der Waals surface area (Å²) in [4.78, 5) is 12.6. The zero-order valence-electron chi connectivity index (χ0n) is 12.3. The van der Waals surface area contributed by atoms with Crippen LogP contribution in [0.3, 0.4) is 0 Å². The Morgan fingerprint density at radius 2 is 2.10 bits per heavy atom. The Balaban J connectivity index is 2.36. The number of hydrogen-bond donors (Lipinski definition) is 3. The molecule has 0 aromatic carbocycles. The summed E-state index contributed by atoms with van der Waals surface area (Å²) in [6.45, 7) is 6.58. The second kappa shape index (κ2) is 6.71. The minimum atomic E-state index is -1.16. The van der Waals surface area contributed by atoms with Crippen molar-refractivity contribution in [2.24, 2.45) is 0 Å². The summed E-state index contributed by atoms with van der Waals surface area (Å²) in [6, 6.07) is 3.77. The van der Waals surface area contributed by atoms with Crippen molar-refractivity contribution in [1.82, 2.24) is 5.32 Å². The lowest BCUT2D eigenvalue weighted by Crippen LogP contribution is -2.52. The van der Waals surface area contributed by atoms with E-state index in [9.17, 15) is 14.9 Å². The van der Waals surface area contributed by atoms with Gasteiger partial charge in [0.05, 0.1) is 24.1 Å². The zero-order valence-corrected chi connectivity index (χ0v) is 13.2. The zero-order chi connectivity index (χ0) is 15.4. The fourth-order valence-corrected chi connectivity index (χ4v) is 2.06. The Kier molecular flexibility index (Phi) is 5.76. The molecule has 1 amide bonds. The molecule has 0 fully saturated rings. The summed E-state index contributed by atoms with van der Waals surface area (Å²) in [5, 5.41) is 24.2. The van der Waals surface area contributed by atoms with Gasteiger partial charge in [-0.3, -0.25) is 4.79 Å². The van der Waals surface area contributed by atoms with Crippen LogP contribution >= 0.6 is 11.3 Å². The lowest BCUT2D eigenvalue weighted by atomic mass is 9.83. The molecule has 1 heterocycles. The van der Waals surface area contributed by atoms with Crippen LogP contribution in [-0.4, -0.2) is 40.8 Å². The van der Waals surface area contributed by atoms with E-state index < -0.39 is 18.3 Å². The van der Waals surface area contributed by atoms with Crippen LogP contribution in [0.1, 0.15) is 32.6 Å². The minimum absolute atomic E-state index is 0.0102. The summed E-state index contributed by atoms with van der Waals surface area (Å²) in [5.74, 6) is -0.170. The van der Waals surface area contributed by atoms with Crippen molar-refractivity contribution in [3.8, 4) is 0 Å². The molecule has 0 aliphatic heterocycles. The van der Waals surface area contributed by atoms with E-state index in [2.05, 4.69) is 5.32 Å². The van der Waals surface area contributed by atoms with Gasteiger partial charge in [-0.15, -0.1) is 11.3 Å². The SMILES string of the molecule is CC(C)(O)C(C)(C)OB(O)CNC(=O)Cc1cccs1. The van der Waals surface area contributed by atoms with Crippen molar-refractivity contribution in [2.45, 2.75) is 45.3 Å². The maximum Gasteiger partial charge on any atom is 0.475 e. The van der Waals surface area contributed by atoms with Gasteiger partial charge in [-0.25, -0.2) is 0 Å². The molecule has 1 rings (SSSR count). The van der Waals surface area contributed by atoms with Crippen molar-refractivity contribution in [3.05, 3.63) is 22.4 Å². The third-order valence-corrected chi connectivity index (χ3v) is 4.17. The van der Waals surface area contributed by atoms with Gasteiger partial charge in [-0.05, 0) is 39.1 Å². The van der Waals surface area contributed by atoms with Gasteiger partial charge in [-0.2, -0.15) is 0 Å². The van der Waals surface area contributed by atoms with E-state index in [1.165, 1.54) is 11.3 Å². The highest BCUT2D eigenvalue weighted by Crippen LogP contribution is 2.25. The Hall–Kier alpha value is -0.885. The molecule has 1 aromatic heterocycles. The molecular weight excluding hydrogens is 277 g/mol. The number of nitrogens with one attached hydrogen (secondary N) is 1. The van der Waals surface area contributed by atoms with Crippen LogP contribution in [0.4, 0.5) is 0 Å². The van der Waals surface area contributed by atoms with E-state index in [1.807, 2.05) is 17.5 Å². The van der Waals surface area contributed by atoms with Gasteiger partial charge in [0, 0.05) is 4.88 Å².